The van der Waals surface area contributed by atoms with E-state index in [1.807, 2.05) is 24.3 Å². The third-order valence-electron chi connectivity index (χ3n) is 2.99. The molecule has 2 aromatic rings. The van der Waals surface area contributed by atoms with Gasteiger partial charge < -0.3 is 10.1 Å². The van der Waals surface area contributed by atoms with Gasteiger partial charge in [0.1, 0.15) is 11.4 Å². The number of amides is 1. The summed E-state index contributed by atoms with van der Waals surface area (Å²) in [6, 6.07) is 9.16. The molecule has 1 N–H and O–H groups in total. The lowest BCUT2D eigenvalue weighted by Gasteiger charge is -2.09. The van der Waals surface area contributed by atoms with Gasteiger partial charge in [0.15, 0.2) is 0 Å². The van der Waals surface area contributed by atoms with Crippen LogP contribution < -0.4 is 10.1 Å². The first-order valence-electron chi connectivity index (χ1n) is 6.73. The Morgan fingerprint density at radius 3 is 3.00 bits per heavy atom. The Balaban J connectivity index is 2.21. The first kappa shape index (κ1) is 14.1. The first-order chi connectivity index (χ1) is 9.76. The summed E-state index contributed by atoms with van der Waals surface area (Å²) in [4.78, 5) is 12.1. The summed E-state index contributed by atoms with van der Waals surface area (Å²) >= 11 is 0. The van der Waals surface area contributed by atoms with Crippen LogP contribution in [-0.2, 0) is 0 Å². The molecule has 5 heteroatoms. The summed E-state index contributed by atoms with van der Waals surface area (Å²) < 4.78 is 6.81. The van der Waals surface area contributed by atoms with Gasteiger partial charge in [-0.05, 0) is 24.6 Å². The number of carbonyl (C=O) groups is 1. The molecule has 0 bridgehead atoms. The molecular weight excluding hydrogens is 254 g/mol. The second-order valence-electron chi connectivity index (χ2n) is 4.44. The zero-order chi connectivity index (χ0) is 14.4. The summed E-state index contributed by atoms with van der Waals surface area (Å²) in [7, 11) is 1.61. The molecule has 5 nitrogen and oxygen atoms in total. The van der Waals surface area contributed by atoms with E-state index in [1.54, 1.807) is 24.1 Å². The van der Waals surface area contributed by atoms with E-state index in [4.69, 9.17) is 4.74 Å². The van der Waals surface area contributed by atoms with E-state index in [-0.39, 0.29) is 5.91 Å². The van der Waals surface area contributed by atoms with E-state index in [0.29, 0.717) is 12.2 Å². The van der Waals surface area contributed by atoms with E-state index in [0.717, 1.165) is 24.3 Å². The number of aromatic nitrogens is 2. The Hall–Kier alpha value is -2.30. The molecule has 0 aliphatic rings. The number of hydrogen-bond donors (Lipinski definition) is 1. The summed E-state index contributed by atoms with van der Waals surface area (Å²) in [6.45, 7) is 2.77. The highest BCUT2D eigenvalue weighted by molar-refractivity contribution is 5.93. The minimum atomic E-state index is -0.112. The summed E-state index contributed by atoms with van der Waals surface area (Å²) in [5.41, 5.74) is 1.32. The highest BCUT2D eigenvalue weighted by Gasteiger charge is 2.13. The van der Waals surface area contributed by atoms with Crippen molar-refractivity contribution in [1.82, 2.24) is 15.1 Å². The lowest BCUT2D eigenvalue weighted by atomic mass is 10.3. The molecule has 0 spiro atoms. The van der Waals surface area contributed by atoms with E-state index < -0.39 is 0 Å². The smallest absolute Gasteiger partial charge is 0.270 e. The Morgan fingerprint density at radius 2 is 2.25 bits per heavy atom. The summed E-state index contributed by atoms with van der Waals surface area (Å²) in [5, 5.41) is 7.11. The van der Waals surface area contributed by atoms with Crippen LogP contribution in [0.25, 0.3) is 5.69 Å². The number of benzene rings is 1. The van der Waals surface area contributed by atoms with Crippen molar-refractivity contribution < 1.29 is 9.53 Å². The van der Waals surface area contributed by atoms with Gasteiger partial charge in [0.2, 0.25) is 0 Å². The summed E-state index contributed by atoms with van der Waals surface area (Å²) in [6.07, 6.45) is 3.64. The molecule has 0 unspecified atom stereocenters. The van der Waals surface area contributed by atoms with Gasteiger partial charge in [-0.2, -0.15) is 5.10 Å². The predicted molar refractivity (Wildman–Crippen MR) is 77.4 cm³/mol. The minimum Gasteiger partial charge on any atom is -0.497 e. The van der Waals surface area contributed by atoms with Crippen molar-refractivity contribution in [2.24, 2.45) is 0 Å². The third-order valence-corrected chi connectivity index (χ3v) is 2.99. The number of nitrogens with zero attached hydrogens (tertiary/aromatic N) is 2. The fraction of sp³-hybridized carbons (Fsp3) is 0.333. The second kappa shape index (κ2) is 6.75. The van der Waals surface area contributed by atoms with Crippen molar-refractivity contribution >= 4 is 5.91 Å². The van der Waals surface area contributed by atoms with Crippen LogP contribution in [0, 0.1) is 0 Å². The number of carbonyl (C=O) groups excluding carboxylic acids is 1. The summed E-state index contributed by atoms with van der Waals surface area (Å²) in [5.74, 6) is 0.620. The third kappa shape index (κ3) is 3.17. The fourth-order valence-electron chi connectivity index (χ4n) is 1.89. The number of unbranched alkanes of at least 4 members (excludes halogenated alkanes) is 1. The average Bonchev–Trinajstić information content (AvgIpc) is 2.97. The van der Waals surface area contributed by atoms with Crippen LogP contribution in [0.5, 0.6) is 5.75 Å². The SMILES string of the molecule is CCCCNC(=O)c1ccnn1-c1cccc(OC)c1. The largest absolute Gasteiger partial charge is 0.497 e. The van der Waals surface area contributed by atoms with E-state index in [1.165, 1.54) is 0 Å². The Kier molecular flexibility index (Phi) is 4.76. The normalized spacial score (nSPS) is 10.3. The lowest BCUT2D eigenvalue weighted by Crippen LogP contribution is -2.26. The van der Waals surface area contributed by atoms with Gasteiger partial charge in [-0.25, -0.2) is 4.68 Å². The van der Waals surface area contributed by atoms with Crippen LogP contribution in [0.3, 0.4) is 0 Å². The Labute approximate surface area is 118 Å². The minimum absolute atomic E-state index is 0.112. The zero-order valence-electron chi connectivity index (χ0n) is 11.8. The number of methoxy groups -OCH3 is 1. The Bertz CT molecular complexity index is 578. The van der Waals surface area contributed by atoms with E-state index in [2.05, 4.69) is 17.3 Å². The van der Waals surface area contributed by atoms with Gasteiger partial charge in [-0.3, -0.25) is 4.79 Å². The van der Waals surface area contributed by atoms with Crippen molar-refractivity contribution in [3.8, 4) is 11.4 Å². The van der Waals surface area contributed by atoms with Crippen molar-refractivity contribution in [3.63, 3.8) is 0 Å². The molecule has 1 amide bonds. The highest BCUT2D eigenvalue weighted by Crippen LogP contribution is 2.17. The van der Waals surface area contributed by atoms with Crippen LogP contribution in [0.1, 0.15) is 30.3 Å². The maximum absolute atomic E-state index is 12.1. The van der Waals surface area contributed by atoms with Gasteiger partial charge in [0.05, 0.1) is 19.0 Å². The van der Waals surface area contributed by atoms with Crippen molar-refractivity contribution in [3.05, 3.63) is 42.2 Å². The quantitative estimate of drug-likeness (QED) is 0.822. The van der Waals surface area contributed by atoms with Gasteiger partial charge in [0.25, 0.3) is 5.91 Å². The van der Waals surface area contributed by atoms with E-state index in [9.17, 15) is 4.79 Å². The number of hydrogen-bond acceptors (Lipinski definition) is 3. The predicted octanol–water partition coefficient (Wildman–Crippen LogP) is 2.41. The molecule has 2 rings (SSSR count). The van der Waals surface area contributed by atoms with Crippen molar-refractivity contribution in [2.75, 3.05) is 13.7 Å². The maximum atomic E-state index is 12.1. The molecule has 0 fully saturated rings. The number of rotatable bonds is 6. The van der Waals surface area contributed by atoms with Crippen molar-refractivity contribution in [2.45, 2.75) is 19.8 Å². The number of nitrogens with one attached hydrogen (secondary N) is 1. The molecule has 0 saturated heterocycles. The Morgan fingerprint density at radius 1 is 1.40 bits per heavy atom. The van der Waals surface area contributed by atoms with Crippen LogP contribution in [-0.4, -0.2) is 29.3 Å². The van der Waals surface area contributed by atoms with Crippen molar-refractivity contribution in [1.29, 1.82) is 0 Å². The monoisotopic (exact) mass is 273 g/mol. The van der Waals surface area contributed by atoms with Gasteiger partial charge in [-0.15, -0.1) is 0 Å². The molecule has 20 heavy (non-hydrogen) atoms. The zero-order valence-corrected chi connectivity index (χ0v) is 11.8. The van der Waals surface area contributed by atoms with Gasteiger partial charge >= 0.3 is 0 Å². The molecule has 0 aliphatic heterocycles. The standard InChI is InChI=1S/C15H19N3O2/c1-3-4-9-16-15(19)14-8-10-17-18(14)12-6-5-7-13(11-12)20-2/h5-8,10-11H,3-4,9H2,1-2H3,(H,16,19). The lowest BCUT2D eigenvalue weighted by molar-refractivity contribution is 0.0945. The highest BCUT2D eigenvalue weighted by atomic mass is 16.5. The molecule has 0 saturated carbocycles. The number of ether oxygens (including phenoxy) is 1. The van der Waals surface area contributed by atoms with Gasteiger partial charge in [-0.1, -0.05) is 19.4 Å². The molecule has 0 aliphatic carbocycles. The van der Waals surface area contributed by atoms with E-state index >= 15 is 0 Å². The molecular formula is C15H19N3O2. The molecule has 1 heterocycles. The molecule has 0 atom stereocenters. The van der Waals surface area contributed by atoms with Crippen LogP contribution in [0.2, 0.25) is 0 Å². The van der Waals surface area contributed by atoms with Crippen LogP contribution >= 0.6 is 0 Å². The van der Waals surface area contributed by atoms with Gasteiger partial charge in [0, 0.05) is 12.6 Å². The first-order valence-corrected chi connectivity index (χ1v) is 6.73. The molecule has 1 aromatic carbocycles. The van der Waals surface area contributed by atoms with Crippen LogP contribution in [0.15, 0.2) is 36.5 Å². The maximum Gasteiger partial charge on any atom is 0.270 e. The molecule has 1 aromatic heterocycles. The second-order valence-corrected chi connectivity index (χ2v) is 4.44. The molecule has 0 radical (unpaired) electrons. The van der Waals surface area contributed by atoms with Crippen LogP contribution in [0.4, 0.5) is 0 Å². The average molecular weight is 273 g/mol. The fourth-order valence-corrected chi connectivity index (χ4v) is 1.89. The molecule has 106 valence electrons. The topological polar surface area (TPSA) is 56.2 Å².